The Kier molecular flexibility index (Phi) is 3.29. The molecule has 1 atom stereocenters. The van der Waals surface area contributed by atoms with Gasteiger partial charge in [-0.25, -0.2) is 0 Å². The summed E-state index contributed by atoms with van der Waals surface area (Å²) in [6.07, 6.45) is 4.42. The molecule has 4 rings (SSSR count). The third-order valence-electron chi connectivity index (χ3n) is 4.44. The Labute approximate surface area is 138 Å². The molecule has 9 nitrogen and oxygen atoms in total. The maximum absolute atomic E-state index is 12.2. The highest BCUT2D eigenvalue weighted by molar-refractivity contribution is 6.24. The maximum atomic E-state index is 12.2. The molecule has 0 spiro atoms. The van der Waals surface area contributed by atoms with Gasteiger partial charge in [0.25, 0.3) is 11.9 Å². The van der Waals surface area contributed by atoms with E-state index in [9.17, 15) is 9.59 Å². The molecular weight excluding hydrogens is 310 g/mol. The smallest absolute Gasteiger partial charge is 0.265 e. The lowest BCUT2D eigenvalue weighted by molar-refractivity contribution is -0.122. The van der Waals surface area contributed by atoms with Gasteiger partial charge in [-0.1, -0.05) is 6.42 Å². The Morgan fingerprint density at radius 2 is 2.12 bits per heavy atom. The number of carbonyl (C=O) groups excluding carboxylic acids is 2. The van der Waals surface area contributed by atoms with Gasteiger partial charge in [-0.2, -0.15) is 24.9 Å². The van der Waals surface area contributed by atoms with E-state index in [4.69, 9.17) is 0 Å². The number of hydrazone groups is 1. The van der Waals surface area contributed by atoms with Gasteiger partial charge in [0.05, 0.1) is 5.69 Å². The second-order valence-electron chi connectivity index (χ2n) is 6.19. The first-order valence-electron chi connectivity index (χ1n) is 7.90. The standard InChI is InChI=1S/C15H17N7O2/c1-8-6-11(17-13(23)9-4-3-5-9)22(20-8)15-18-12-10(14(24)19-15)7-16-21(12)2/h6-7,9-10H,3-5H2,1-2H3,(H,17,23). The van der Waals surface area contributed by atoms with Gasteiger partial charge in [0, 0.05) is 25.2 Å². The molecule has 0 saturated heterocycles. The van der Waals surface area contributed by atoms with Gasteiger partial charge in [-0.15, -0.1) is 0 Å². The topological polar surface area (TPSA) is 104 Å². The third-order valence-corrected chi connectivity index (χ3v) is 4.44. The molecule has 0 aromatic carbocycles. The molecular formula is C15H17N7O2. The van der Waals surface area contributed by atoms with Crippen molar-refractivity contribution in [1.82, 2.24) is 14.8 Å². The molecule has 124 valence electrons. The summed E-state index contributed by atoms with van der Waals surface area (Å²) in [6.45, 7) is 1.81. The molecule has 1 saturated carbocycles. The number of anilines is 1. The van der Waals surface area contributed by atoms with E-state index in [0.29, 0.717) is 17.3 Å². The van der Waals surface area contributed by atoms with Gasteiger partial charge in [-0.3, -0.25) is 14.6 Å². The molecule has 1 aromatic rings. The van der Waals surface area contributed by atoms with E-state index >= 15 is 0 Å². The van der Waals surface area contributed by atoms with E-state index in [0.717, 1.165) is 19.3 Å². The zero-order valence-corrected chi connectivity index (χ0v) is 13.4. The van der Waals surface area contributed by atoms with Crippen LogP contribution in [0.5, 0.6) is 0 Å². The van der Waals surface area contributed by atoms with E-state index in [2.05, 4.69) is 25.5 Å². The Morgan fingerprint density at radius 3 is 2.83 bits per heavy atom. The molecule has 3 aliphatic rings. The number of aliphatic imine (C=N–C) groups is 2. The van der Waals surface area contributed by atoms with Crippen LogP contribution in [0.15, 0.2) is 21.2 Å². The summed E-state index contributed by atoms with van der Waals surface area (Å²) < 4.78 is 1.40. The van der Waals surface area contributed by atoms with Crippen LogP contribution in [0.25, 0.3) is 0 Å². The first kappa shape index (κ1) is 14.7. The molecule has 0 radical (unpaired) electrons. The van der Waals surface area contributed by atoms with Gasteiger partial charge in [0.1, 0.15) is 17.6 Å². The molecule has 9 heteroatoms. The van der Waals surface area contributed by atoms with Gasteiger partial charge >= 0.3 is 0 Å². The van der Waals surface area contributed by atoms with E-state index in [-0.39, 0.29) is 23.7 Å². The second-order valence-corrected chi connectivity index (χ2v) is 6.19. The average molecular weight is 327 g/mol. The first-order valence-corrected chi connectivity index (χ1v) is 7.90. The number of hydrogen-bond donors (Lipinski definition) is 1. The summed E-state index contributed by atoms with van der Waals surface area (Å²) in [7, 11) is 1.72. The normalized spacial score (nSPS) is 22.8. The van der Waals surface area contributed by atoms with Gasteiger partial charge < -0.3 is 5.32 Å². The summed E-state index contributed by atoms with van der Waals surface area (Å²) in [6, 6.07) is 1.74. The number of nitrogens with zero attached hydrogens (tertiary/aromatic N) is 6. The van der Waals surface area contributed by atoms with Gasteiger partial charge in [0.15, 0.2) is 0 Å². The molecule has 1 aromatic heterocycles. The molecule has 1 aliphatic carbocycles. The van der Waals surface area contributed by atoms with Crippen LogP contribution in [0, 0.1) is 18.8 Å². The van der Waals surface area contributed by atoms with Gasteiger partial charge in [0.2, 0.25) is 5.91 Å². The zero-order chi connectivity index (χ0) is 16.8. The van der Waals surface area contributed by atoms with Crippen molar-refractivity contribution >= 4 is 35.6 Å². The SMILES string of the molecule is Cc1cc(NC(=O)C2CCC2)n(C2=NC(=O)C3C=NN(C)C3=N2)n1. The molecule has 1 unspecified atom stereocenters. The predicted octanol–water partition coefficient (Wildman–Crippen LogP) is 0.620. The van der Waals surface area contributed by atoms with Crippen LogP contribution in [0.1, 0.15) is 25.0 Å². The fraction of sp³-hybridized carbons (Fsp3) is 0.467. The Morgan fingerprint density at radius 1 is 1.33 bits per heavy atom. The Hall–Kier alpha value is -2.84. The molecule has 1 N–H and O–H groups in total. The first-order chi connectivity index (χ1) is 11.5. The quantitative estimate of drug-likeness (QED) is 0.859. The van der Waals surface area contributed by atoms with Crippen LogP contribution in [0.3, 0.4) is 0 Å². The fourth-order valence-corrected chi connectivity index (χ4v) is 2.84. The van der Waals surface area contributed by atoms with E-state index in [1.54, 1.807) is 18.1 Å². The van der Waals surface area contributed by atoms with Crippen molar-refractivity contribution in [3.05, 3.63) is 11.8 Å². The summed E-state index contributed by atoms with van der Waals surface area (Å²) in [5.74, 6) is 0.261. The Bertz CT molecular complexity index is 816. The van der Waals surface area contributed by atoms with Crippen molar-refractivity contribution < 1.29 is 9.59 Å². The summed E-state index contributed by atoms with van der Waals surface area (Å²) in [5, 5.41) is 12.8. The lowest BCUT2D eigenvalue weighted by Crippen LogP contribution is -2.35. The number of nitrogens with one attached hydrogen (secondary N) is 1. The van der Waals surface area contributed by atoms with E-state index in [1.807, 2.05) is 6.92 Å². The van der Waals surface area contributed by atoms with Crippen molar-refractivity contribution in [3.63, 3.8) is 0 Å². The van der Waals surface area contributed by atoms with E-state index < -0.39 is 5.92 Å². The van der Waals surface area contributed by atoms with Gasteiger partial charge in [-0.05, 0) is 19.8 Å². The van der Waals surface area contributed by atoms with Crippen LogP contribution >= 0.6 is 0 Å². The number of aryl methyl sites for hydroxylation is 1. The molecule has 2 amide bonds. The average Bonchev–Trinajstić information content (AvgIpc) is 3.01. The minimum Gasteiger partial charge on any atom is -0.310 e. The lowest BCUT2D eigenvalue weighted by Gasteiger charge is -2.24. The monoisotopic (exact) mass is 327 g/mol. The maximum Gasteiger partial charge on any atom is 0.265 e. The highest BCUT2D eigenvalue weighted by Gasteiger charge is 2.35. The number of hydrogen-bond acceptors (Lipinski definition) is 6. The minimum absolute atomic E-state index is 0.0306. The van der Waals surface area contributed by atoms with Crippen molar-refractivity contribution in [2.75, 3.05) is 12.4 Å². The molecule has 1 fully saturated rings. The number of fused-ring (bicyclic) bond motifs is 1. The van der Waals surface area contributed by atoms with Crippen LogP contribution < -0.4 is 5.32 Å². The van der Waals surface area contributed by atoms with Crippen molar-refractivity contribution in [3.8, 4) is 0 Å². The lowest BCUT2D eigenvalue weighted by atomic mass is 9.85. The zero-order valence-electron chi connectivity index (χ0n) is 13.4. The summed E-state index contributed by atoms with van der Waals surface area (Å²) in [4.78, 5) is 32.8. The number of aromatic nitrogens is 2. The van der Waals surface area contributed by atoms with Crippen molar-refractivity contribution in [2.45, 2.75) is 26.2 Å². The number of amidine groups is 1. The van der Waals surface area contributed by atoms with E-state index in [1.165, 1.54) is 10.9 Å². The second kappa shape index (κ2) is 5.36. The van der Waals surface area contributed by atoms with Crippen LogP contribution in [-0.2, 0) is 9.59 Å². The number of amides is 2. The number of rotatable bonds is 2. The fourth-order valence-electron chi connectivity index (χ4n) is 2.84. The molecule has 0 bridgehead atoms. The van der Waals surface area contributed by atoms with Crippen LogP contribution in [0.4, 0.5) is 5.82 Å². The highest BCUT2D eigenvalue weighted by Crippen LogP contribution is 2.28. The number of carbonyl (C=O) groups is 2. The largest absolute Gasteiger partial charge is 0.310 e. The summed E-state index contributed by atoms with van der Waals surface area (Å²) in [5.41, 5.74) is 0.701. The van der Waals surface area contributed by atoms with Crippen LogP contribution in [-0.4, -0.2) is 51.7 Å². The molecule has 3 heterocycles. The third kappa shape index (κ3) is 2.32. The highest BCUT2D eigenvalue weighted by atomic mass is 16.2. The predicted molar refractivity (Wildman–Crippen MR) is 88.0 cm³/mol. The van der Waals surface area contributed by atoms with Crippen molar-refractivity contribution in [1.29, 1.82) is 0 Å². The van der Waals surface area contributed by atoms with Crippen molar-refractivity contribution in [2.24, 2.45) is 26.9 Å². The molecule has 24 heavy (non-hydrogen) atoms. The molecule has 2 aliphatic heterocycles. The van der Waals surface area contributed by atoms with Crippen LogP contribution in [0.2, 0.25) is 0 Å². The Balaban J connectivity index is 1.66. The minimum atomic E-state index is -0.538. The summed E-state index contributed by atoms with van der Waals surface area (Å²) >= 11 is 0.